The normalized spacial score (nSPS) is 21.2. The van der Waals surface area contributed by atoms with E-state index in [1.807, 2.05) is 24.4 Å². The zero-order valence-corrected chi connectivity index (χ0v) is 19.6. The van der Waals surface area contributed by atoms with Gasteiger partial charge in [-0.25, -0.2) is 9.18 Å². The average Bonchev–Trinajstić information content (AvgIpc) is 3.44. The molecule has 1 aromatic heterocycles. The zero-order chi connectivity index (χ0) is 24.3. The van der Waals surface area contributed by atoms with Crippen molar-refractivity contribution in [2.24, 2.45) is 5.92 Å². The zero-order valence-electron chi connectivity index (χ0n) is 19.6. The molecule has 0 unspecified atom stereocenters. The number of aromatic amines is 1. The first kappa shape index (κ1) is 23.2. The summed E-state index contributed by atoms with van der Waals surface area (Å²) in [6, 6.07) is 16.2. The molecule has 35 heavy (non-hydrogen) atoms. The van der Waals surface area contributed by atoms with Gasteiger partial charge in [0.1, 0.15) is 11.4 Å². The number of carbonyl (C=O) groups excluding carboxylic acids is 2. The van der Waals surface area contributed by atoms with Crippen LogP contribution in [0.5, 0.6) is 0 Å². The van der Waals surface area contributed by atoms with Gasteiger partial charge in [0.05, 0.1) is 11.9 Å². The minimum atomic E-state index is -0.840. The van der Waals surface area contributed by atoms with Crippen molar-refractivity contribution in [1.29, 1.82) is 0 Å². The lowest BCUT2D eigenvalue weighted by Gasteiger charge is -2.40. The highest BCUT2D eigenvalue weighted by Crippen LogP contribution is 2.35. The van der Waals surface area contributed by atoms with Gasteiger partial charge in [-0.15, -0.1) is 0 Å². The van der Waals surface area contributed by atoms with Gasteiger partial charge in [0.2, 0.25) is 0 Å². The molecule has 0 radical (unpaired) electrons. The Morgan fingerprint density at radius 2 is 1.77 bits per heavy atom. The van der Waals surface area contributed by atoms with Crippen LogP contribution in [-0.4, -0.2) is 45.7 Å². The Morgan fingerprint density at radius 3 is 2.46 bits per heavy atom. The molecule has 2 aliphatic heterocycles. The molecule has 0 bridgehead atoms. The third-order valence-electron chi connectivity index (χ3n) is 7.38. The number of H-pyrrole nitrogens is 1. The SMILES string of the molecule is O=C1NC(=O)[C@](CCCc2ccccc2)(C2CCN(Cc3cn[nH]c3-c3ccc(F)cc3)CC2)N1. The number of urea groups is 1. The molecular weight excluding hydrogens is 445 g/mol. The van der Waals surface area contributed by atoms with E-state index in [1.165, 1.54) is 17.7 Å². The van der Waals surface area contributed by atoms with E-state index in [1.54, 1.807) is 12.1 Å². The van der Waals surface area contributed by atoms with Crippen LogP contribution in [0.4, 0.5) is 9.18 Å². The molecule has 3 amide bonds. The molecule has 0 spiro atoms. The number of imide groups is 1. The summed E-state index contributed by atoms with van der Waals surface area (Å²) in [5, 5.41) is 12.7. The second-order valence-corrected chi connectivity index (χ2v) is 9.55. The third kappa shape index (κ3) is 4.98. The second-order valence-electron chi connectivity index (χ2n) is 9.55. The van der Waals surface area contributed by atoms with Crippen LogP contribution in [0.25, 0.3) is 11.3 Å². The third-order valence-corrected chi connectivity index (χ3v) is 7.38. The number of nitrogens with zero attached hydrogens (tertiary/aromatic N) is 2. The number of amides is 3. The fourth-order valence-corrected chi connectivity index (χ4v) is 5.51. The van der Waals surface area contributed by atoms with E-state index in [0.29, 0.717) is 6.42 Å². The lowest BCUT2D eigenvalue weighted by molar-refractivity contribution is -0.127. The Morgan fingerprint density at radius 1 is 1.03 bits per heavy atom. The molecule has 0 aliphatic carbocycles. The lowest BCUT2D eigenvalue weighted by atomic mass is 9.74. The van der Waals surface area contributed by atoms with E-state index < -0.39 is 5.54 Å². The minimum absolute atomic E-state index is 0.0851. The highest BCUT2D eigenvalue weighted by atomic mass is 19.1. The van der Waals surface area contributed by atoms with Gasteiger partial charge in [-0.2, -0.15) is 5.10 Å². The van der Waals surface area contributed by atoms with Gasteiger partial charge in [0, 0.05) is 17.7 Å². The van der Waals surface area contributed by atoms with Crippen LogP contribution < -0.4 is 10.6 Å². The van der Waals surface area contributed by atoms with Crippen LogP contribution in [0.3, 0.4) is 0 Å². The lowest BCUT2D eigenvalue weighted by Crippen LogP contribution is -2.56. The smallest absolute Gasteiger partial charge is 0.322 e. The topological polar surface area (TPSA) is 90.1 Å². The summed E-state index contributed by atoms with van der Waals surface area (Å²) in [6.07, 6.45) is 5.79. The Bertz CT molecular complexity index is 1170. The van der Waals surface area contributed by atoms with Gasteiger partial charge in [0.15, 0.2) is 0 Å². The van der Waals surface area contributed by atoms with E-state index >= 15 is 0 Å². The molecule has 7 nitrogen and oxygen atoms in total. The molecule has 2 aromatic carbocycles. The summed E-state index contributed by atoms with van der Waals surface area (Å²) in [5.74, 6) is -0.373. The van der Waals surface area contributed by atoms with Crippen LogP contribution in [0, 0.1) is 11.7 Å². The highest BCUT2D eigenvalue weighted by Gasteiger charge is 2.51. The summed E-state index contributed by atoms with van der Waals surface area (Å²) < 4.78 is 13.3. The van der Waals surface area contributed by atoms with Crippen molar-refractivity contribution < 1.29 is 14.0 Å². The number of rotatable bonds is 8. The summed E-state index contributed by atoms with van der Waals surface area (Å²) >= 11 is 0. The maximum atomic E-state index is 13.3. The maximum absolute atomic E-state index is 13.3. The number of aryl methyl sites for hydroxylation is 1. The van der Waals surface area contributed by atoms with Crippen LogP contribution in [0.2, 0.25) is 0 Å². The summed E-state index contributed by atoms with van der Waals surface area (Å²) in [7, 11) is 0. The van der Waals surface area contributed by atoms with Gasteiger partial charge in [-0.05, 0) is 80.9 Å². The maximum Gasteiger partial charge on any atom is 0.322 e. The number of aromatic nitrogens is 2. The van der Waals surface area contributed by atoms with E-state index in [4.69, 9.17) is 0 Å². The molecule has 3 heterocycles. The summed E-state index contributed by atoms with van der Waals surface area (Å²) in [5.41, 5.74) is 3.25. The first-order valence-electron chi connectivity index (χ1n) is 12.2. The average molecular weight is 476 g/mol. The van der Waals surface area contributed by atoms with E-state index in [0.717, 1.165) is 62.1 Å². The number of halogens is 1. The fourth-order valence-electron chi connectivity index (χ4n) is 5.51. The molecule has 3 N–H and O–H groups in total. The van der Waals surface area contributed by atoms with Crippen LogP contribution in [0.15, 0.2) is 60.8 Å². The van der Waals surface area contributed by atoms with Crippen molar-refractivity contribution in [2.45, 2.75) is 44.2 Å². The predicted molar refractivity (Wildman–Crippen MR) is 131 cm³/mol. The van der Waals surface area contributed by atoms with Gasteiger partial charge < -0.3 is 5.32 Å². The van der Waals surface area contributed by atoms with Gasteiger partial charge >= 0.3 is 6.03 Å². The van der Waals surface area contributed by atoms with E-state index in [9.17, 15) is 14.0 Å². The number of likely N-dealkylation sites (tertiary alicyclic amines) is 1. The molecule has 5 rings (SSSR count). The quantitative estimate of drug-likeness (QED) is 0.429. The predicted octanol–water partition coefficient (Wildman–Crippen LogP) is 4.03. The van der Waals surface area contributed by atoms with Crippen LogP contribution in [0.1, 0.15) is 36.8 Å². The molecule has 2 saturated heterocycles. The van der Waals surface area contributed by atoms with E-state index in [-0.39, 0.29) is 23.7 Å². The van der Waals surface area contributed by atoms with Gasteiger partial charge in [0.25, 0.3) is 5.91 Å². The fraction of sp³-hybridized carbons (Fsp3) is 0.370. The number of piperidine rings is 1. The molecule has 0 saturated carbocycles. The van der Waals surface area contributed by atoms with Crippen molar-refractivity contribution >= 4 is 11.9 Å². The van der Waals surface area contributed by atoms with Crippen molar-refractivity contribution in [1.82, 2.24) is 25.7 Å². The van der Waals surface area contributed by atoms with Crippen molar-refractivity contribution in [3.8, 4) is 11.3 Å². The van der Waals surface area contributed by atoms with Crippen LogP contribution in [-0.2, 0) is 17.8 Å². The largest absolute Gasteiger partial charge is 0.323 e. The second kappa shape index (κ2) is 10.00. The van der Waals surface area contributed by atoms with Crippen molar-refractivity contribution in [3.63, 3.8) is 0 Å². The Balaban J connectivity index is 1.22. The number of hydrogen-bond acceptors (Lipinski definition) is 4. The molecule has 2 aliphatic rings. The number of hydrogen-bond donors (Lipinski definition) is 3. The Hall–Kier alpha value is -3.52. The highest BCUT2D eigenvalue weighted by molar-refractivity contribution is 6.07. The molecule has 182 valence electrons. The standard InChI is InChI=1S/C27H30FN5O2/c28-23-10-8-20(9-11-23)24-21(17-29-32-24)18-33-15-12-22(13-16-33)27(25(34)30-26(35)31-27)14-4-7-19-5-2-1-3-6-19/h1-3,5-6,8-11,17,22H,4,7,12-16,18H2,(H,29,32)(H2,30,31,34,35)/t27-/m0/s1. The summed E-state index contributed by atoms with van der Waals surface area (Å²) in [6.45, 7) is 2.36. The molecular formula is C27H30FN5O2. The summed E-state index contributed by atoms with van der Waals surface area (Å²) in [4.78, 5) is 27.4. The van der Waals surface area contributed by atoms with Crippen LogP contribution >= 0.6 is 0 Å². The Labute approximate surface area is 204 Å². The molecule has 8 heteroatoms. The first-order valence-corrected chi connectivity index (χ1v) is 12.2. The van der Waals surface area contributed by atoms with Crippen molar-refractivity contribution in [2.75, 3.05) is 13.1 Å². The van der Waals surface area contributed by atoms with Gasteiger partial charge in [-0.3, -0.25) is 20.1 Å². The molecule has 3 aromatic rings. The number of nitrogens with one attached hydrogen (secondary N) is 3. The van der Waals surface area contributed by atoms with Crippen molar-refractivity contribution in [3.05, 3.63) is 77.7 Å². The molecule has 1 atom stereocenters. The minimum Gasteiger partial charge on any atom is -0.323 e. The Kier molecular flexibility index (Phi) is 6.63. The number of benzene rings is 2. The number of carbonyl (C=O) groups is 2. The monoisotopic (exact) mass is 475 g/mol. The van der Waals surface area contributed by atoms with E-state index in [2.05, 4.69) is 37.9 Å². The first-order chi connectivity index (χ1) is 17.0. The van der Waals surface area contributed by atoms with Gasteiger partial charge in [-0.1, -0.05) is 30.3 Å². The molecule has 2 fully saturated rings.